The number of hydrogen-bond donors (Lipinski definition) is 2. The SMILES string of the molecule is CCC(=O)Nc1nnc(S(=O)(=O)Nc2ccc(N3CCN(C)CC3)cc2)s1. The van der Waals surface area contributed by atoms with Gasteiger partial charge in [0, 0.05) is 44.0 Å². The zero-order valence-corrected chi connectivity index (χ0v) is 16.8. The van der Waals surface area contributed by atoms with Crippen molar-refractivity contribution in [1.29, 1.82) is 0 Å². The third-order valence-electron chi connectivity index (χ3n) is 4.19. The van der Waals surface area contributed by atoms with Gasteiger partial charge in [-0.2, -0.15) is 8.42 Å². The summed E-state index contributed by atoms with van der Waals surface area (Å²) in [6.45, 7) is 5.59. The molecule has 2 N–H and O–H groups in total. The lowest BCUT2D eigenvalue weighted by molar-refractivity contribution is -0.115. The van der Waals surface area contributed by atoms with Crippen LogP contribution in [-0.4, -0.2) is 62.6 Å². The molecule has 2 heterocycles. The van der Waals surface area contributed by atoms with Crippen molar-refractivity contribution in [2.45, 2.75) is 17.7 Å². The Kier molecular flexibility index (Phi) is 5.92. The van der Waals surface area contributed by atoms with Crippen LogP contribution in [0.4, 0.5) is 16.5 Å². The molecule has 0 unspecified atom stereocenters. The van der Waals surface area contributed by atoms with Crippen LogP contribution in [0.5, 0.6) is 0 Å². The Morgan fingerprint density at radius 2 is 1.81 bits per heavy atom. The van der Waals surface area contributed by atoms with Crippen molar-refractivity contribution in [3.05, 3.63) is 24.3 Å². The number of rotatable bonds is 6. The first-order valence-corrected chi connectivity index (χ1v) is 10.9. The zero-order valence-electron chi connectivity index (χ0n) is 15.2. The van der Waals surface area contributed by atoms with E-state index in [4.69, 9.17) is 0 Å². The van der Waals surface area contributed by atoms with Gasteiger partial charge in [0.25, 0.3) is 14.4 Å². The van der Waals surface area contributed by atoms with Crippen LogP contribution in [0.3, 0.4) is 0 Å². The molecule has 1 aliphatic rings. The fourth-order valence-corrected chi connectivity index (χ4v) is 4.56. The van der Waals surface area contributed by atoms with E-state index in [1.54, 1.807) is 19.1 Å². The van der Waals surface area contributed by atoms with Crippen LogP contribution < -0.4 is 14.9 Å². The van der Waals surface area contributed by atoms with Gasteiger partial charge < -0.3 is 15.1 Å². The van der Waals surface area contributed by atoms with Crippen LogP contribution in [0.2, 0.25) is 0 Å². The Morgan fingerprint density at radius 3 is 2.44 bits per heavy atom. The molecule has 0 bridgehead atoms. The molecule has 0 saturated carbocycles. The van der Waals surface area contributed by atoms with E-state index >= 15 is 0 Å². The number of carbonyl (C=O) groups excluding carboxylic acids is 1. The lowest BCUT2D eigenvalue weighted by atomic mass is 10.2. The van der Waals surface area contributed by atoms with Crippen LogP contribution in [0, 0.1) is 0 Å². The standard InChI is InChI=1S/C16H22N6O3S2/c1-3-14(23)17-15-18-19-16(26-15)27(24,25)20-12-4-6-13(7-5-12)22-10-8-21(2)9-11-22/h4-7,20H,3,8-11H2,1-2H3,(H,17,18,23). The second-order valence-corrected chi connectivity index (χ2v) is 9.05. The molecule has 1 aromatic heterocycles. The van der Waals surface area contributed by atoms with Crippen molar-refractivity contribution in [1.82, 2.24) is 15.1 Å². The maximum Gasteiger partial charge on any atom is 0.291 e. The molecule has 3 rings (SSSR count). The minimum absolute atomic E-state index is 0.160. The minimum Gasteiger partial charge on any atom is -0.369 e. The van der Waals surface area contributed by atoms with Crippen molar-refractivity contribution in [2.24, 2.45) is 0 Å². The summed E-state index contributed by atoms with van der Waals surface area (Å²) in [5.74, 6) is -0.248. The topological polar surface area (TPSA) is 108 Å². The highest BCUT2D eigenvalue weighted by molar-refractivity contribution is 7.94. The molecular weight excluding hydrogens is 388 g/mol. The Morgan fingerprint density at radius 1 is 1.15 bits per heavy atom. The predicted molar refractivity (Wildman–Crippen MR) is 106 cm³/mol. The van der Waals surface area contributed by atoms with Gasteiger partial charge in [-0.25, -0.2) is 0 Å². The summed E-state index contributed by atoms with van der Waals surface area (Å²) in [7, 11) is -1.76. The number of carbonyl (C=O) groups is 1. The molecule has 146 valence electrons. The summed E-state index contributed by atoms with van der Waals surface area (Å²) in [5, 5.41) is 10.0. The molecule has 1 amide bonds. The van der Waals surface area contributed by atoms with Crippen molar-refractivity contribution in [3.8, 4) is 0 Å². The largest absolute Gasteiger partial charge is 0.369 e. The third kappa shape index (κ3) is 4.93. The van der Waals surface area contributed by atoms with Crippen molar-refractivity contribution in [3.63, 3.8) is 0 Å². The molecule has 9 nitrogen and oxygen atoms in total. The van der Waals surface area contributed by atoms with Gasteiger partial charge in [-0.3, -0.25) is 9.52 Å². The van der Waals surface area contributed by atoms with Gasteiger partial charge in [-0.05, 0) is 31.3 Å². The van der Waals surface area contributed by atoms with E-state index in [0.717, 1.165) is 43.2 Å². The smallest absolute Gasteiger partial charge is 0.291 e. The van der Waals surface area contributed by atoms with Crippen molar-refractivity contribution < 1.29 is 13.2 Å². The van der Waals surface area contributed by atoms with Gasteiger partial charge >= 0.3 is 0 Å². The van der Waals surface area contributed by atoms with E-state index in [1.165, 1.54) is 0 Å². The summed E-state index contributed by atoms with van der Waals surface area (Å²) >= 11 is 0.811. The van der Waals surface area contributed by atoms with Crippen LogP contribution in [-0.2, 0) is 14.8 Å². The number of anilines is 3. The number of aromatic nitrogens is 2. The lowest BCUT2D eigenvalue weighted by Gasteiger charge is -2.34. The Balaban J connectivity index is 1.66. The molecule has 0 spiro atoms. The summed E-state index contributed by atoms with van der Waals surface area (Å²) in [6.07, 6.45) is 0.277. The number of benzene rings is 1. The molecule has 1 aliphatic heterocycles. The van der Waals surface area contributed by atoms with Crippen LogP contribution >= 0.6 is 11.3 Å². The quantitative estimate of drug-likeness (QED) is 0.694. The maximum absolute atomic E-state index is 12.5. The first kappa shape index (κ1) is 19.5. The Hall–Kier alpha value is -2.24. The van der Waals surface area contributed by atoms with Gasteiger partial charge in [0.05, 0.1) is 0 Å². The molecule has 0 aliphatic carbocycles. The number of nitrogens with one attached hydrogen (secondary N) is 2. The number of likely N-dealkylation sites (N-methyl/N-ethyl adjacent to an activating group) is 1. The number of piperazine rings is 1. The second-order valence-electron chi connectivity index (χ2n) is 6.22. The van der Waals surface area contributed by atoms with Crippen LogP contribution in [0.15, 0.2) is 28.6 Å². The van der Waals surface area contributed by atoms with Gasteiger partial charge in [0.2, 0.25) is 11.0 Å². The van der Waals surface area contributed by atoms with E-state index in [-0.39, 0.29) is 21.8 Å². The maximum atomic E-state index is 12.5. The summed E-state index contributed by atoms with van der Waals surface area (Å²) < 4.78 is 27.2. The average molecular weight is 411 g/mol. The Bertz CT molecular complexity index is 889. The summed E-state index contributed by atoms with van der Waals surface area (Å²) in [5.41, 5.74) is 1.51. The van der Waals surface area contributed by atoms with Crippen molar-refractivity contribution in [2.75, 3.05) is 48.2 Å². The molecule has 2 aromatic rings. The van der Waals surface area contributed by atoms with E-state index < -0.39 is 10.0 Å². The van der Waals surface area contributed by atoms with Gasteiger partial charge in [0.1, 0.15) is 0 Å². The molecule has 1 saturated heterocycles. The van der Waals surface area contributed by atoms with E-state index in [0.29, 0.717) is 5.69 Å². The molecule has 0 radical (unpaired) electrons. The molecule has 1 aromatic carbocycles. The summed E-state index contributed by atoms with van der Waals surface area (Å²) in [4.78, 5) is 15.9. The normalized spacial score (nSPS) is 15.6. The fourth-order valence-electron chi connectivity index (χ4n) is 2.58. The minimum atomic E-state index is -3.86. The molecule has 1 fully saturated rings. The fraction of sp³-hybridized carbons (Fsp3) is 0.438. The van der Waals surface area contributed by atoms with E-state index in [1.807, 2.05) is 12.1 Å². The first-order valence-electron chi connectivity index (χ1n) is 8.57. The average Bonchev–Trinajstić information content (AvgIpc) is 3.12. The zero-order chi connectivity index (χ0) is 19.4. The van der Waals surface area contributed by atoms with Crippen LogP contribution in [0.25, 0.3) is 0 Å². The molecule has 27 heavy (non-hydrogen) atoms. The number of nitrogens with zero attached hydrogens (tertiary/aromatic N) is 4. The predicted octanol–water partition coefficient (Wildman–Crippen LogP) is 1.44. The second kappa shape index (κ2) is 8.19. The lowest BCUT2D eigenvalue weighted by Crippen LogP contribution is -2.44. The molecular formula is C16H22N6O3S2. The first-order chi connectivity index (χ1) is 12.9. The monoisotopic (exact) mass is 410 g/mol. The molecule has 0 atom stereocenters. The third-order valence-corrected chi connectivity index (χ3v) is 6.78. The van der Waals surface area contributed by atoms with Crippen molar-refractivity contribution >= 4 is 43.8 Å². The number of sulfonamides is 1. The van der Waals surface area contributed by atoms with E-state index in [2.05, 4.69) is 37.1 Å². The molecule has 11 heteroatoms. The van der Waals surface area contributed by atoms with Crippen LogP contribution in [0.1, 0.15) is 13.3 Å². The van der Waals surface area contributed by atoms with Gasteiger partial charge in [-0.1, -0.05) is 18.3 Å². The number of amides is 1. The summed E-state index contributed by atoms with van der Waals surface area (Å²) in [6, 6.07) is 7.25. The highest BCUT2D eigenvalue weighted by Gasteiger charge is 2.21. The Labute approximate surface area is 162 Å². The highest BCUT2D eigenvalue weighted by atomic mass is 32.2. The van der Waals surface area contributed by atoms with Gasteiger partial charge in [-0.15, -0.1) is 10.2 Å². The number of hydrogen-bond acceptors (Lipinski definition) is 8. The van der Waals surface area contributed by atoms with E-state index in [9.17, 15) is 13.2 Å². The van der Waals surface area contributed by atoms with Gasteiger partial charge in [0.15, 0.2) is 0 Å². The highest BCUT2D eigenvalue weighted by Crippen LogP contribution is 2.24.